The predicted molar refractivity (Wildman–Crippen MR) is 105 cm³/mol. The van der Waals surface area contributed by atoms with Crippen molar-refractivity contribution in [2.75, 3.05) is 31.1 Å². The van der Waals surface area contributed by atoms with Gasteiger partial charge < -0.3 is 14.9 Å². The minimum atomic E-state index is -0.957. The summed E-state index contributed by atoms with van der Waals surface area (Å²) in [5.41, 5.74) is 2.32. The Labute approximate surface area is 163 Å². The van der Waals surface area contributed by atoms with Crippen molar-refractivity contribution in [3.63, 3.8) is 0 Å². The summed E-state index contributed by atoms with van der Waals surface area (Å²) < 4.78 is 13.8. The topological polar surface area (TPSA) is 60.9 Å². The number of anilines is 1. The average Bonchev–Trinajstić information content (AvgIpc) is 3.42. The van der Waals surface area contributed by atoms with E-state index in [9.17, 15) is 19.1 Å². The van der Waals surface area contributed by atoms with Crippen molar-refractivity contribution >= 4 is 17.9 Å². The van der Waals surface area contributed by atoms with Crippen molar-refractivity contribution in [3.05, 3.63) is 58.9 Å². The molecule has 28 heavy (non-hydrogen) atoms. The van der Waals surface area contributed by atoms with Crippen LogP contribution < -0.4 is 4.90 Å². The Morgan fingerprint density at radius 3 is 2.50 bits per heavy atom. The Bertz CT molecular complexity index is 891. The molecule has 146 valence electrons. The highest BCUT2D eigenvalue weighted by atomic mass is 19.1. The molecule has 2 heterocycles. The van der Waals surface area contributed by atoms with Crippen molar-refractivity contribution in [1.82, 2.24) is 4.90 Å². The van der Waals surface area contributed by atoms with Gasteiger partial charge in [0.2, 0.25) is 0 Å². The molecule has 0 aromatic heterocycles. The lowest BCUT2D eigenvalue weighted by Gasteiger charge is -2.19. The van der Waals surface area contributed by atoms with Gasteiger partial charge in [0.1, 0.15) is 0 Å². The van der Waals surface area contributed by atoms with E-state index >= 15 is 0 Å². The van der Waals surface area contributed by atoms with Crippen molar-refractivity contribution in [2.24, 2.45) is 0 Å². The number of nitrogens with zero attached hydrogens (tertiary/aromatic N) is 2. The van der Waals surface area contributed by atoms with E-state index in [2.05, 4.69) is 29.2 Å². The normalized spacial score (nSPS) is 19.2. The molecule has 0 spiro atoms. The number of benzene rings is 2. The summed E-state index contributed by atoms with van der Waals surface area (Å²) in [5, 5.41) is 9.53. The zero-order valence-electron chi connectivity index (χ0n) is 15.6. The molecule has 0 radical (unpaired) electrons. The number of halogens is 1. The van der Waals surface area contributed by atoms with Crippen LogP contribution in [0.2, 0.25) is 0 Å². The summed E-state index contributed by atoms with van der Waals surface area (Å²) >= 11 is 0. The van der Waals surface area contributed by atoms with Crippen LogP contribution >= 0.6 is 0 Å². The number of phenolic OH excluding ortho intramolecular Hbond substituents is 1. The molecular weight excluding hydrogens is 359 g/mol. The maximum atomic E-state index is 13.8. The van der Waals surface area contributed by atoms with E-state index in [0.29, 0.717) is 19.4 Å². The molecule has 4 rings (SSSR count). The first-order valence-corrected chi connectivity index (χ1v) is 9.68. The van der Waals surface area contributed by atoms with Gasteiger partial charge in [-0.1, -0.05) is 12.1 Å². The molecule has 2 aromatic carbocycles. The highest BCUT2D eigenvalue weighted by Crippen LogP contribution is 2.31. The summed E-state index contributed by atoms with van der Waals surface area (Å²) in [5.74, 6) is -1.76. The molecule has 0 saturated carbocycles. The Morgan fingerprint density at radius 2 is 1.82 bits per heavy atom. The molecule has 1 atom stereocenters. The zero-order chi connectivity index (χ0) is 19.7. The SMILES string of the molecule is O=Cc1cc(C(=O)N2CCC(c3ccc(N4CCCC4)cc3)C2)cc(F)c1O. The third kappa shape index (κ3) is 3.46. The minimum absolute atomic E-state index is 0.0856. The third-order valence-electron chi connectivity index (χ3n) is 5.78. The maximum absolute atomic E-state index is 13.8. The zero-order valence-corrected chi connectivity index (χ0v) is 15.6. The van der Waals surface area contributed by atoms with Crippen molar-refractivity contribution in [3.8, 4) is 5.75 Å². The van der Waals surface area contributed by atoms with Gasteiger partial charge in [0.15, 0.2) is 17.9 Å². The Balaban J connectivity index is 1.46. The van der Waals surface area contributed by atoms with Crippen LogP contribution in [-0.4, -0.2) is 48.4 Å². The summed E-state index contributed by atoms with van der Waals surface area (Å²) in [6.07, 6.45) is 3.68. The second-order valence-electron chi connectivity index (χ2n) is 7.54. The van der Waals surface area contributed by atoms with Gasteiger partial charge in [-0.2, -0.15) is 0 Å². The lowest BCUT2D eigenvalue weighted by atomic mass is 9.98. The van der Waals surface area contributed by atoms with Gasteiger partial charge in [0.25, 0.3) is 5.91 Å². The van der Waals surface area contributed by atoms with E-state index in [4.69, 9.17) is 0 Å². The number of hydrogen-bond acceptors (Lipinski definition) is 4. The van der Waals surface area contributed by atoms with Crippen LogP contribution in [0.5, 0.6) is 5.75 Å². The fourth-order valence-corrected chi connectivity index (χ4v) is 4.17. The molecule has 1 unspecified atom stereocenters. The van der Waals surface area contributed by atoms with Gasteiger partial charge in [-0.3, -0.25) is 9.59 Å². The molecule has 0 aliphatic carbocycles. The van der Waals surface area contributed by atoms with Crippen LogP contribution in [-0.2, 0) is 0 Å². The Morgan fingerprint density at radius 1 is 1.11 bits per heavy atom. The van der Waals surface area contributed by atoms with E-state index in [0.717, 1.165) is 25.6 Å². The number of aromatic hydroxyl groups is 1. The van der Waals surface area contributed by atoms with Crippen molar-refractivity contribution in [1.29, 1.82) is 0 Å². The smallest absolute Gasteiger partial charge is 0.254 e. The summed E-state index contributed by atoms with van der Waals surface area (Å²) in [6, 6.07) is 10.8. The van der Waals surface area contributed by atoms with E-state index in [1.165, 1.54) is 30.2 Å². The number of hydrogen-bond donors (Lipinski definition) is 1. The molecule has 1 N–H and O–H groups in total. The molecule has 2 aromatic rings. The number of carbonyl (C=O) groups is 2. The van der Waals surface area contributed by atoms with Crippen LogP contribution in [0, 0.1) is 5.82 Å². The van der Waals surface area contributed by atoms with E-state index in [-0.39, 0.29) is 23.0 Å². The summed E-state index contributed by atoms with van der Waals surface area (Å²) in [7, 11) is 0. The first-order valence-electron chi connectivity index (χ1n) is 9.68. The fraction of sp³-hybridized carbons (Fsp3) is 0.364. The van der Waals surface area contributed by atoms with Crippen LogP contribution in [0.1, 0.15) is 51.5 Å². The molecule has 2 fully saturated rings. The number of rotatable bonds is 4. The molecule has 2 aliphatic heterocycles. The van der Waals surface area contributed by atoms with Crippen molar-refractivity contribution in [2.45, 2.75) is 25.2 Å². The largest absolute Gasteiger partial charge is 0.504 e. The van der Waals surface area contributed by atoms with E-state index in [1.807, 2.05) is 0 Å². The molecule has 1 amide bonds. The van der Waals surface area contributed by atoms with E-state index < -0.39 is 11.6 Å². The molecule has 2 aliphatic rings. The van der Waals surface area contributed by atoms with Gasteiger partial charge in [-0.05, 0) is 49.1 Å². The molecule has 5 nitrogen and oxygen atoms in total. The first-order chi connectivity index (χ1) is 13.6. The third-order valence-corrected chi connectivity index (χ3v) is 5.78. The minimum Gasteiger partial charge on any atom is -0.504 e. The molecule has 6 heteroatoms. The fourth-order valence-electron chi connectivity index (χ4n) is 4.17. The van der Waals surface area contributed by atoms with Crippen LogP contribution in [0.15, 0.2) is 36.4 Å². The number of amides is 1. The van der Waals surface area contributed by atoms with Gasteiger partial charge in [-0.25, -0.2) is 4.39 Å². The number of aldehydes is 1. The average molecular weight is 382 g/mol. The van der Waals surface area contributed by atoms with Gasteiger partial charge >= 0.3 is 0 Å². The van der Waals surface area contributed by atoms with Crippen molar-refractivity contribution < 1.29 is 19.1 Å². The van der Waals surface area contributed by atoms with E-state index in [1.54, 1.807) is 4.90 Å². The predicted octanol–water partition coefficient (Wildman–Crippen LogP) is 3.57. The van der Waals surface area contributed by atoms with Gasteiger partial charge in [0.05, 0.1) is 5.56 Å². The van der Waals surface area contributed by atoms with Crippen LogP contribution in [0.3, 0.4) is 0 Å². The first kappa shape index (κ1) is 18.5. The van der Waals surface area contributed by atoms with Crippen LogP contribution in [0.25, 0.3) is 0 Å². The summed E-state index contributed by atoms with van der Waals surface area (Å²) in [4.78, 5) is 27.8. The number of carbonyl (C=O) groups excluding carboxylic acids is 2. The molecule has 0 bridgehead atoms. The lowest BCUT2D eigenvalue weighted by molar-refractivity contribution is 0.0790. The molecular formula is C22H23FN2O3. The second kappa shape index (κ2) is 7.62. The Hall–Kier alpha value is -2.89. The summed E-state index contributed by atoms with van der Waals surface area (Å²) in [6.45, 7) is 3.35. The monoisotopic (exact) mass is 382 g/mol. The second-order valence-corrected chi connectivity index (χ2v) is 7.54. The number of likely N-dealkylation sites (tertiary alicyclic amines) is 1. The Kier molecular flexibility index (Phi) is 5.03. The van der Waals surface area contributed by atoms with Gasteiger partial charge in [0, 0.05) is 43.3 Å². The maximum Gasteiger partial charge on any atom is 0.254 e. The van der Waals surface area contributed by atoms with Crippen LogP contribution in [0.4, 0.5) is 10.1 Å². The number of phenols is 1. The standard InChI is InChI=1S/C22H23FN2O3/c23-20-12-17(11-18(14-26)21(20)27)22(28)25-10-7-16(13-25)15-3-5-19(6-4-15)24-8-1-2-9-24/h3-6,11-12,14,16,27H,1-2,7-10,13H2. The molecule has 2 saturated heterocycles. The lowest BCUT2D eigenvalue weighted by Crippen LogP contribution is -2.28. The highest BCUT2D eigenvalue weighted by Gasteiger charge is 2.29. The highest BCUT2D eigenvalue weighted by molar-refractivity contribution is 5.96. The quantitative estimate of drug-likeness (QED) is 0.822. The van der Waals surface area contributed by atoms with Gasteiger partial charge in [-0.15, -0.1) is 0 Å².